The van der Waals surface area contributed by atoms with Crippen LogP contribution in [-0.2, 0) is 4.79 Å². The first-order chi connectivity index (χ1) is 8.86. The van der Waals surface area contributed by atoms with Gasteiger partial charge in [0.15, 0.2) is 11.6 Å². The number of amides is 1. The third kappa shape index (κ3) is 3.89. The van der Waals surface area contributed by atoms with Crippen LogP contribution < -0.4 is 5.32 Å². The summed E-state index contributed by atoms with van der Waals surface area (Å²) in [5, 5.41) is 10.8. The fraction of sp³-hybridized carbons (Fsp3) is 0.333. The number of rotatable bonds is 5. The van der Waals surface area contributed by atoms with E-state index in [4.69, 9.17) is 16.7 Å². The molecule has 1 aromatic carbocycles. The lowest BCUT2D eigenvalue weighted by molar-refractivity contribution is -0.139. The maximum absolute atomic E-state index is 13.0. The number of hydrogen-bond acceptors (Lipinski definition) is 2. The van der Waals surface area contributed by atoms with Crippen LogP contribution in [0.5, 0.6) is 0 Å². The normalized spacial score (nSPS) is 12.0. The third-order valence-electron chi connectivity index (χ3n) is 2.44. The average Bonchev–Trinajstić information content (AvgIpc) is 2.32. The Morgan fingerprint density at radius 3 is 2.47 bits per heavy atom. The Morgan fingerprint density at radius 2 is 1.95 bits per heavy atom. The van der Waals surface area contributed by atoms with Crippen LogP contribution >= 0.6 is 11.6 Å². The highest BCUT2D eigenvalue weighted by atomic mass is 35.5. The molecule has 1 rings (SSSR count). The number of carbonyl (C=O) groups is 2. The van der Waals surface area contributed by atoms with E-state index in [2.05, 4.69) is 5.32 Å². The first-order valence-corrected chi connectivity index (χ1v) is 5.92. The Bertz CT molecular complexity index is 508. The number of carboxylic acids is 1. The summed E-state index contributed by atoms with van der Waals surface area (Å²) in [6.45, 7) is 1.76. The molecule has 1 atom stereocenters. The Morgan fingerprint density at radius 1 is 1.37 bits per heavy atom. The number of hydrogen-bond donors (Lipinski definition) is 2. The summed E-state index contributed by atoms with van der Waals surface area (Å²) in [7, 11) is 0. The zero-order valence-electron chi connectivity index (χ0n) is 10.0. The first-order valence-electron chi connectivity index (χ1n) is 5.55. The summed E-state index contributed by atoms with van der Waals surface area (Å²) < 4.78 is 25.9. The fourth-order valence-electron chi connectivity index (χ4n) is 1.48. The SMILES string of the molecule is CCCC(NC(=O)c1cc(F)c(F)cc1Cl)C(=O)O. The molecule has 0 heterocycles. The molecular formula is C12H12ClF2NO3. The van der Waals surface area contributed by atoms with Crippen molar-refractivity contribution in [2.24, 2.45) is 0 Å². The van der Waals surface area contributed by atoms with Crippen LogP contribution in [0.15, 0.2) is 12.1 Å². The van der Waals surface area contributed by atoms with Gasteiger partial charge in [0.2, 0.25) is 0 Å². The molecule has 104 valence electrons. The largest absolute Gasteiger partial charge is 0.480 e. The van der Waals surface area contributed by atoms with E-state index in [1.165, 1.54) is 0 Å². The fourth-order valence-corrected chi connectivity index (χ4v) is 1.71. The second kappa shape index (κ2) is 6.47. The molecule has 19 heavy (non-hydrogen) atoms. The summed E-state index contributed by atoms with van der Waals surface area (Å²) in [5.41, 5.74) is -0.303. The minimum Gasteiger partial charge on any atom is -0.480 e. The van der Waals surface area contributed by atoms with Crippen LogP contribution in [0, 0.1) is 11.6 Å². The van der Waals surface area contributed by atoms with Crippen LogP contribution in [0.3, 0.4) is 0 Å². The summed E-state index contributed by atoms with van der Waals surface area (Å²) in [6, 6.07) is 0.209. The number of benzene rings is 1. The summed E-state index contributed by atoms with van der Waals surface area (Å²) in [5.74, 6) is -4.46. The zero-order chi connectivity index (χ0) is 14.6. The van der Waals surface area contributed by atoms with Gasteiger partial charge < -0.3 is 10.4 Å². The summed E-state index contributed by atoms with van der Waals surface area (Å²) >= 11 is 5.62. The molecule has 0 saturated heterocycles. The van der Waals surface area contributed by atoms with Gasteiger partial charge in [0.05, 0.1) is 10.6 Å². The number of nitrogens with one attached hydrogen (secondary N) is 1. The van der Waals surface area contributed by atoms with Gasteiger partial charge in [0.25, 0.3) is 5.91 Å². The molecule has 0 bridgehead atoms. The van der Waals surface area contributed by atoms with Crippen molar-refractivity contribution >= 4 is 23.5 Å². The zero-order valence-corrected chi connectivity index (χ0v) is 10.8. The van der Waals surface area contributed by atoms with Gasteiger partial charge in [-0.1, -0.05) is 24.9 Å². The Balaban J connectivity index is 2.94. The highest BCUT2D eigenvalue weighted by molar-refractivity contribution is 6.33. The average molecular weight is 292 g/mol. The highest BCUT2D eigenvalue weighted by Crippen LogP contribution is 2.20. The van der Waals surface area contributed by atoms with Gasteiger partial charge in [-0.25, -0.2) is 13.6 Å². The Kier molecular flexibility index (Phi) is 5.23. The summed E-state index contributed by atoms with van der Waals surface area (Å²) in [4.78, 5) is 22.7. The van der Waals surface area contributed by atoms with Crippen LogP contribution in [-0.4, -0.2) is 23.0 Å². The quantitative estimate of drug-likeness (QED) is 0.820. The van der Waals surface area contributed by atoms with Crippen molar-refractivity contribution in [1.82, 2.24) is 5.32 Å². The molecule has 7 heteroatoms. The predicted molar refractivity (Wildman–Crippen MR) is 65.2 cm³/mol. The number of carbonyl (C=O) groups excluding carboxylic acids is 1. The molecule has 0 radical (unpaired) electrons. The summed E-state index contributed by atoms with van der Waals surface area (Å²) in [6.07, 6.45) is 0.769. The van der Waals surface area contributed by atoms with Gasteiger partial charge in [-0.3, -0.25) is 4.79 Å². The molecule has 1 amide bonds. The molecule has 2 N–H and O–H groups in total. The molecular weight excluding hydrogens is 280 g/mol. The van der Waals surface area contributed by atoms with Crippen molar-refractivity contribution in [3.63, 3.8) is 0 Å². The van der Waals surface area contributed by atoms with Gasteiger partial charge in [0, 0.05) is 0 Å². The standard InChI is InChI=1S/C12H12ClF2NO3/c1-2-3-10(12(18)19)16-11(17)6-4-8(14)9(15)5-7(6)13/h4-5,10H,2-3H2,1H3,(H,16,17)(H,18,19). The van der Waals surface area contributed by atoms with Crippen molar-refractivity contribution in [3.8, 4) is 0 Å². The predicted octanol–water partition coefficient (Wildman–Crippen LogP) is 2.60. The number of carboxylic acid groups (broad SMARTS) is 1. The molecule has 0 aromatic heterocycles. The van der Waals surface area contributed by atoms with Gasteiger partial charge in [0.1, 0.15) is 6.04 Å². The van der Waals surface area contributed by atoms with Crippen LogP contribution in [0.2, 0.25) is 5.02 Å². The lowest BCUT2D eigenvalue weighted by Gasteiger charge is -2.14. The second-order valence-electron chi connectivity index (χ2n) is 3.90. The van der Waals surface area contributed by atoms with E-state index in [1.54, 1.807) is 6.92 Å². The van der Waals surface area contributed by atoms with Crippen molar-refractivity contribution in [2.45, 2.75) is 25.8 Å². The maximum Gasteiger partial charge on any atom is 0.326 e. The maximum atomic E-state index is 13.0. The van der Waals surface area contributed by atoms with Crippen molar-refractivity contribution in [2.75, 3.05) is 0 Å². The van der Waals surface area contributed by atoms with Gasteiger partial charge in [-0.05, 0) is 18.6 Å². The van der Waals surface area contributed by atoms with Crippen molar-refractivity contribution in [1.29, 1.82) is 0 Å². The van der Waals surface area contributed by atoms with E-state index in [9.17, 15) is 18.4 Å². The topological polar surface area (TPSA) is 66.4 Å². The molecule has 1 unspecified atom stereocenters. The minimum atomic E-state index is -1.23. The minimum absolute atomic E-state index is 0.225. The molecule has 0 spiro atoms. The van der Waals surface area contributed by atoms with Crippen molar-refractivity contribution in [3.05, 3.63) is 34.4 Å². The molecule has 4 nitrogen and oxygen atoms in total. The van der Waals surface area contributed by atoms with E-state index in [0.29, 0.717) is 18.6 Å². The van der Waals surface area contributed by atoms with Gasteiger partial charge in [-0.2, -0.15) is 0 Å². The molecule has 0 saturated carbocycles. The van der Waals surface area contributed by atoms with Crippen LogP contribution in [0.25, 0.3) is 0 Å². The van der Waals surface area contributed by atoms with Crippen LogP contribution in [0.1, 0.15) is 30.1 Å². The number of aliphatic carboxylic acids is 1. The molecule has 0 aliphatic rings. The smallest absolute Gasteiger partial charge is 0.326 e. The Hall–Kier alpha value is -1.69. The molecule has 0 fully saturated rings. The van der Waals surface area contributed by atoms with E-state index in [1.807, 2.05) is 0 Å². The van der Waals surface area contributed by atoms with Gasteiger partial charge >= 0.3 is 5.97 Å². The first kappa shape index (κ1) is 15.4. The van der Waals surface area contributed by atoms with E-state index >= 15 is 0 Å². The molecule has 0 aliphatic carbocycles. The van der Waals surface area contributed by atoms with Crippen molar-refractivity contribution < 1.29 is 23.5 Å². The lowest BCUT2D eigenvalue weighted by Crippen LogP contribution is -2.40. The van der Waals surface area contributed by atoms with E-state index in [0.717, 1.165) is 0 Å². The molecule has 1 aromatic rings. The second-order valence-corrected chi connectivity index (χ2v) is 4.31. The highest BCUT2D eigenvalue weighted by Gasteiger charge is 2.22. The van der Waals surface area contributed by atoms with E-state index in [-0.39, 0.29) is 17.0 Å². The number of halogens is 3. The van der Waals surface area contributed by atoms with Gasteiger partial charge in [-0.15, -0.1) is 0 Å². The Labute approximate surface area is 113 Å². The van der Waals surface area contributed by atoms with Crippen LogP contribution in [0.4, 0.5) is 8.78 Å². The lowest BCUT2D eigenvalue weighted by atomic mass is 10.1. The van der Waals surface area contributed by atoms with E-state index < -0.39 is 29.6 Å². The third-order valence-corrected chi connectivity index (χ3v) is 2.75. The molecule has 0 aliphatic heterocycles. The monoisotopic (exact) mass is 291 g/mol.